The van der Waals surface area contributed by atoms with Crippen molar-refractivity contribution in [3.63, 3.8) is 0 Å². The number of fused-ring (bicyclic) bond motifs is 3. The molecule has 1 fully saturated rings. The number of methoxy groups -OCH3 is 1. The first-order chi connectivity index (χ1) is 10.6. The van der Waals surface area contributed by atoms with E-state index in [-0.39, 0.29) is 10.8 Å². The van der Waals surface area contributed by atoms with Crippen molar-refractivity contribution in [2.75, 3.05) is 13.7 Å². The molecule has 2 heteroatoms. The van der Waals surface area contributed by atoms with Crippen LogP contribution in [0.1, 0.15) is 44.2 Å². The van der Waals surface area contributed by atoms with Crippen LogP contribution in [-0.2, 0) is 11.8 Å². The Balaban J connectivity index is 1.87. The Morgan fingerprint density at radius 3 is 2.95 bits per heavy atom. The van der Waals surface area contributed by atoms with Gasteiger partial charge in [0.2, 0.25) is 0 Å². The minimum absolute atomic E-state index is 0.228. The third-order valence-electron chi connectivity index (χ3n) is 6.77. The lowest BCUT2D eigenvalue weighted by Crippen LogP contribution is -2.60. The molecule has 0 saturated heterocycles. The lowest BCUT2D eigenvalue weighted by atomic mass is 9.48. The van der Waals surface area contributed by atoms with Gasteiger partial charge in [0, 0.05) is 16.9 Å². The van der Waals surface area contributed by atoms with Gasteiger partial charge >= 0.3 is 0 Å². The first-order valence-corrected chi connectivity index (χ1v) is 8.75. The molecule has 2 bridgehead atoms. The summed E-state index contributed by atoms with van der Waals surface area (Å²) in [6, 6.07) is 7.33. The largest absolute Gasteiger partial charge is 0.497 e. The van der Waals surface area contributed by atoms with Crippen LogP contribution in [0.4, 0.5) is 0 Å². The summed E-state index contributed by atoms with van der Waals surface area (Å²) in [6.07, 6.45) is 10.1. The minimum atomic E-state index is 0.228. The van der Waals surface area contributed by atoms with Crippen LogP contribution in [-0.4, -0.2) is 19.7 Å². The number of rotatable bonds is 3. The van der Waals surface area contributed by atoms with Crippen molar-refractivity contribution < 1.29 is 4.74 Å². The monoisotopic (exact) mass is 297 g/mol. The van der Waals surface area contributed by atoms with E-state index >= 15 is 0 Å². The third kappa shape index (κ3) is 1.65. The van der Waals surface area contributed by atoms with Gasteiger partial charge in [0.05, 0.1) is 7.11 Å². The molecule has 0 amide bonds. The van der Waals surface area contributed by atoms with Gasteiger partial charge in [-0.25, -0.2) is 0 Å². The lowest BCUT2D eigenvalue weighted by molar-refractivity contribution is 0.0489. The highest BCUT2D eigenvalue weighted by atomic mass is 16.5. The molecule has 118 valence electrons. The molecule has 1 aromatic carbocycles. The standard InChI is InChI=1S/C20H27NO/c1-4-21-18-15-7-10-19(2)17-13-16(22-3)6-5-14(17)8-11-20(18,19)12-9-15/h5-6,9,12-13,15,18,21H,4,7-8,10-11H2,1-3H3/t15-,18?,19+,20+/m1/s1. The van der Waals surface area contributed by atoms with Crippen molar-refractivity contribution in [1.82, 2.24) is 5.32 Å². The van der Waals surface area contributed by atoms with Crippen LogP contribution >= 0.6 is 0 Å². The first-order valence-electron chi connectivity index (χ1n) is 8.75. The van der Waals surface area contributed by atoms with Crippen molar-refractivity contribution in [3.8, 4) is 5.75 Å². The van der Waals surface area contributed by atoms with Crippen molar-refractivity contribution in [2.24, 2.45) is 11.3 Å². The van der Waals surface area contributed by atoms with Crippen LogP contribution in [0.25, 0.3) is 0 Å². The van der Waals surface area contributed by atoms with Crippen LogP contribution in [0.3, 0.4) is 0 Å². The molecule has 4 rings (SSSR count). The zero-order valence-electron chi connectivity index (χ0n) is 14.0. The van der Waals surface area contributed by atoms with Crippen LogP contribution in [0.5, 0.6) is 5.75 Å². The number of aryl methyl sites for hydroxylation is 1. The molecule has 0 aromatic heterocycles. The van der Waals surface area contributed by atoms with E-state index in [1.807, 2.05) is 0 Å². The van der Waals surface area contributed by atoms with E-state index in [4.69, 9.17) is 4.74 Å². The predicted molar refractivity (Wildman–Crippen MR) is 90.4 cm³/mol. The summed E-state index contributed by atoms with van der Waals surface area (Å²) >= 11 is 0. The van der Waals surface area contributed by atoms with Gasteiger partial charge in [0.25, 0.3) is 0 Å². The summed E-state index contributed by atoms with van der Waals surface area (Å²) in [5.41, 5.74) is 3.57. The lowest BCUT2D eigenvalue weighted by Gasteiger charge is -2.57. The fourth-order valence-corrected chi connectivity index (χ4v) is 5.58. The maximum absolute atomic E-state index is 5.52. The van der Waals surface area contributed by atoms with Gasteiger partial charge in [-0.3, -0.25) is 0 Å². The van der Waals surface area contributed by atoms with Crippen LogP contribution in [0.15, 0.2) is 30.4 Å². The molecule has 22 heavy (non-hydrogen) atoms. The van der Waals surface area contributed by atoms with E-state index in [9.17, 15) is 0 Å². The molecule has 1 spiro atoms. The van der Waals surface area contributed by atoms with Crippen LogP contribution in [0.2, 0.25) is 0 Å². The summed E-state index contributed by atoms with van der Waals surface area (Å²) < 4.78 is 5.52. The number of benzene rings is 1. The van der Waals surface area contributed by atoms with Crippen molar-refractivity contribution in [3.05, 3.63) is 41.5 Å². The number of ether oxygens (including phenoxy) is 1. The molecule has 0 radical (unpaired) electrons. The first kappa shape index (κ1) is 14.3. The van der Waals surface area contributed by atoms with Crippen LogP contribution in [0, 0.1) is 11.3 Å². The SMILES string of the molecule is CCNC1[C@H]2C=C[C@@]13CCc1ccc(OC)cc1[C@]3(C)CC2. The minimum Gasteiger partial charge on any atom is -0.497 e. The highest BCUT2D eigenvalue weighted by molar-refractivity contribution is 5.48. The molecule has 1 aromatic rings. The summed E-state index contributed by atoms with van der Waals surface area (Å²) in [5, 5.41) is 3.83. The highest BCUT2D eigenvalue weighted by Gasteiger charge is 2.60. The van der Waals surface area contributed by atoms with Crippen molar-refractivity contribution in [2.45, 2.75) is 51.0 Å². The summed E-state index contributed by atoms with van der Waals surface area (Å²) in [4.78, 5) is 0. The molecular weight excluding hydrogens is 270 g/mol. The van der Waals surface area contributed by atoms with E-state index in [0.717, 1.165) is 18.2 Å². The molecule has 1 saturated carbocycles. The second-order valence-electron chi connectivity index (χ2n) is 7.49. The van der Waals surface area contributed by atoms with E-state index < -0.39 is 0 Å². The van der Waals surface area contributed by atoms with Gasteiger partial charge in [0.15, 0.2) is 0 Å². The van der Waals surface area contributed by atoms with E-state index in [2.05, 4.69) is 49.5 Å². The number of nitrogens with one attached hydrogen (secondary N) is 1. The average Bonchev–Trinajstić information content (AvgIpc) is 2.80. The van der Waals surface area contributed by atoms with Crippen molar-refractivity contribution in [1.29, 1.82) is 0 Å². The smallest absolute Gasteiger partial charge is 0.119 e. The zero-order chi connectivity index (χ0) is 15.4. The fourth-order valence-electron chi connectivity index (χ4n) is 5.58. The number of hydrogen-bond donors (Lipinski definition) is 1. The topological polar surface area (TPSA) is 21.3 Å². The highest BCUT2D eigenvalue weighted by Crippen LogP contribution is 2.63. The fraction of sp³-hybridized carbons (Fsp3) is 0.600. The van der Waals surface area contributed by atoms with Gasteiger partial charge in [-0.05, 0) is 61.4 Å². The van der Waals surface area contributed by atoms with Crippen LogP contribution < -0.4 is 10.1 Å². The Morgan fingerprint density at radius 2 is 2.18 bits per heavy atom. The summed E-state index contributed by atoms with van der Waals surface area (Å²) in [6.45, 7) is 5.80. The molecule has 1 N–H and O–H groups in total. The molecule has 0 heterocycles. The maximum Gasteiger partial charge on any atom is 0.119 e. The van der Waals surface area contributed by atoms with E-state index in [0.29, 0.717) is 6.04 Å². The van der Waals surface area contributed by atoms with Crippen molar-refractivity contribution >= 4 is 0 Å². The Morgan fingerprint density at radius 1 is 1.32 bits per heavy atom. The molecular formula is C20H27NO. The van der Waals surface area contributed by atoms with E-state index in [1.165, 1.54) is 36.8 Å². The Hall–Kier alpha value is -1.28. The Kier molecular flexibility index (Phi) is 3.16. The average molecular weight is 297 g/mol. The molecule has 3 aliphatic carbocycles. The molecule has 3 aliphatic rings. The second-order valence-corrected chi connectivity index (χ2v) is 7.49. The summed E-state index contributed by atoms with van der Waals surface area (Å²) in [7, 11) is 1.77. The molecule has 0 aliphatic heterocycles. The van der Waals surface area contributed by atoms with Gasteiger partial charge < -0.3 is 10.1 Å². The molecule has 4 atom stereocenters. The Bertz CT molecular complexity index is 622. The normalized spacial score (nSPS) is 38.5. The van der Waals surface area contributed by atoms with Gasteiger partial charge in [-0.2, -0.15) is 0 Å². The maximum atomic E-state index is 5.52. The Labute approximate surface area is 133 Å². The van der Waals surface area contributed by atoms with Gasteiger partial charge in [-0.1, -0.05) is 32.1 Å². The zero-order valence-corrected chi connectivity index (χ0v) is 14.0. The van der Waals surface area contributed by atoms with E-state index in [1.54, 1.807) is 7.11 Å². The summed E-state index contributed by atoms with van der Waals surface area (Å²) in [5.74, 6) is 1.72. The number of hydrogen-bond acceptors (Lipinski definition) is 2. The van der Waals surface area contributed by atoms with Gasteiger partial charge in [0.1, 0.15) is 5.75 Å². The predicted octanol–water partition coefficient (Wildman–Crippen LogP) is 3.84. The molecule has 1 unspecified atom stereocenters. The van der Waals surface area contributed by atoms with Gasteiger partial charge in [-0.15, -0.1) is 0 Å². The second kappa shape index (κ2) is 4.86. The quantitative estimate of drug-likeness (QED) is 0.856. The molecule has 2 nitrogen and oxygen atoms in total. The third-order valence-corrected chi connectivity index (χ3v) is 6.77.